The zero-order chi connectivity index (χ0) is 28.9. The van der Waals surface area contributed by atoms with E-state index in [-0.39, 0.29) is 11.9 Å². The van der Waals surface area contributed by atoms with Gasteiger partial charge in [0.2, 0.25) is 0 Å². The fourth-order valence-corrected chi connectivity index (χ4v) is 7.69. The fourth-order valence-electron chi connectivity index (χ4n) is 7.69. The molecule has 7 nitrogen and oxygen atoms in total. The normalized spacial score (nSPS) is 25.9. The number of rotatable bonds is 7. The molecule has 2 aromatic heterocycles. The van der Waals surface area contributed by atoms with Crippen LogP contribution in [-0.4, -0.2) is 63.2 Å². The van der Waals surface area contributed by atoms with Crippen LogP contribution in [0.4, 0.5) is 5.82 Å². The molecule has 2 aromatic rings. The minimum atomic E-state index is 0.0173. The van der Waals surface area contributed by atoms with Gasteiger partial charge in [0, 0.05) is 55.7 Å². The first-order valence-electron chi connectivity index (χ1n) is 16.9. The predicted molar refractivity (Wildman–Crippen MR) is 171 cm³/mol. The molecular weight excluding hydrogens is 520 g/mol. The highest BCUT2D eigenvalue weighted by molar-refractivity contribution is 6.02. The van der Waals surface area contributed by atoms with Crippen LogP contribution in [0, 0.1) is 17.8 Å². The lowest BCUT2D eigenvalue weighted by Gasteiger charge is -2.37. The Hall–Kier alpha value is -2.96. The minimum Gasteiger partial charge on any atom is -0.352 e. The number of pyridine rings is 1. The van der Waals surface area contributed by atoms with Crippen molar-refractivity contribution in [2.75, 3.05) is 24.5 Å². The number of carbonyl (C=O) groups is 1. The van der Waals surface area contributed by atoms with Crippen LogP contribution < -0.4 is 10.2 Å². The second-order valence-corrected chi connectivity index (χ2v) is 13.5. The van der Waals surface area contributed by atoms with Crippen LogP contribution in [0.3, 0.4) is 0 Å². The summed E-state index contributed by atoms with van der Waals surface area (Å²) in [7, 11) is 1.95. The molecule has 1 amide bonds. The Labute approximate surface area is 252 Å². The molecule has 0 aromatic carbocycles. The molecule has 1 N–H and O–H groups in total. The Morgan fingerprint density at radius 3 is 2.43 bits per heavy atom. The largest absolute Gasteiger partial charge is 0.352 e. The molecule has 3 aliphatic carbocycles. The van der Waals surface area contributed by atoms with Gasteiger partial charge in [-0.15, -0.1) is 0 Å². The van der Waals surface area contributed by atoms with Gasteiger partial charge in [0.05, 0.1) is 11.8 Å². The molecule has 1 saturated heterocycles. The van der Waals surface area contributed by atoms with Crippen LogP contribution in [0.15, 0.2) is 36.6 Å². The van der Waals surface area contributed by atoms with Crippen molar-refractivity contribution >= 4 is 29.0 Å². The van der Waals surface area contributed by atoms with Gasteiger partial charge in [-0.05, 0) is 37.7 Å². The molecule has 2 unspecified atom stereocenters. The van der Waals surface area contributed by atoms with E-state index < -0.39 is 0 Å². The summed E-state index contributed by atoms with van der Waals surface area (Å²) in [5.74, 6) is 2.45. The predicted octanol–water partition coefficient (Wildman–Crippen LogP) is 6.43. The van der Waals surface area contributed by atoms with E-state index in [2.05, 4.69) is 63.4 Å². The van der Waals surface area contributed by atoms with Crippen molar-refractivity contribution in [2.24, 2.45) is 24.8 Å². The second-order valence-electron chi connectivity index (χ2n) is 13.5. The Balaban J connectivity index is 1.26. The number of aryl methyl sites for hydroxylation is 1. The minimum absolute atomic E-state index is 0.0173. The summed E-state index contributed by atoms with van der Waals surface area (Å²) in [6, 6.07) is 2.64. The van der Waals surface area contributed by atoms with Crippen molar-refractivity contribution in [1.82, 2.24) is 20.1 Å². The Morgan fingerprint density at radius 1 is 1.00 bits per heavy atom. The highest BCUT2D eigenvalue weighted by Gasteiger charge is 2.31. The van der Waals surface area contributed by atoms with Gasteiger partial charge in [-0.2, -0.15) is 5.10 Å². The number of nitrogens with zero attached hydrogens (tertiary/aromatic N) is 5. The molecule has 0 spiro atoms. The second kappa shape index (κ2) is 13.6. The topological polar surface area (TPSA) is 66.1 Å². The van der Waals surface area contributed by atoms with Crippen molar-refractivity contribution in [2.45, 2.75) is 102 Å². The molecule has 6 rings (SSSR count). The van der Waals surface area contributed by atoms with Crippen LogP contribution in [0.1, 0.15) is 101 Å². The van der Waals surface area contributed by atoms with E-state index in [0.29, 0.717) is 23.4 Å². The molecule has 0 radical (unpaired) electrons. The van der Waals surface area contributed by atoms with Gasteiger partial charge in [0.1, 0.15) is 25.1 Å². The molecule has 7 heteroatoms. The van der Waals surface area contributed by atoms with Crippen molar-refractivity contribution in [3.8, 4) is 0 Å². The van der Waals surface area contributed by atoms with E-state index in [4.69, 9.17) is 4.98 Å². The third-order valence-electron chi connectivity index (χ3n) is 10.4. The first-order chi connectivity index (χ1) is 20.5. The zero-order valence-electron chi connectivity index (χ0n) is 25.9. The maximum absolute atomic E-state index is 14.1. The van der Waals surface area contributed by atoms with E-state index in [1.807, 2.05) is 17.9 Å². The van der Waals surface area contributed by atoms with Gasteiger partial charge in [-0.1, -0.05) is 76.2 Å². The number of amides is 1. The Morgan fingerprint density at radius 2 is 1.69 bits per heavy atom. The molecule has 0 bridgehead atoms. The lowest BCUT2D eigenvalue weighted by atomic mass is 9.88. The van der Waals surface area contributed by atoms with Gasteiger partial charge in [0.25, 0.3) is 5.91 Å². The number of hydrogen-bond acceptors (Lipinski definition) is 4. The van der Waals surface area contributed by atoms with Crippen molar-refractivity contribution < 1.29 is 9.37 Å². The number of piperidine rings is 1. The number of nitrogens with one attached hydrogen (secondary N) is 1. The maximum Gasteiger partial charge on any atom is 0.255 e. The van der Waals surface area contributed by atoms with Crippen LogP contribution in [0.2, 0.25) is 0 Å². The van der Waals surface area contributed by atoms with Gasteiger partial charge >= 0.3 is 0 Å². The standard InChI is InChI=1S/C35H50N6O/c1-26-12-10-11-15-28(26)25-41(31-16-8-3-4-9-17-31)34-32(22-29-23-36-39(2)33(29)38-34)35(42)37-30-18-20-40(21-19-30)24-27-13-6-5-7-14-27/h10-12,15,22-24,26-28,30-31H,3-9,13-14,16-21,25H2,1-2H3/p+1. The van der Waals surface area contributed by atoms with Gasteiger partial charge in [-0.3, -0.25) is 9.48 Å². The highest BCUT2D eigenvalue weighted by Crippen LogP contribution is 2.33. The first kappa shape index (κ1) is 29.1. The molecule has 3 fully saturated rings. The van der Waals surface area contributed by atoms with Crippen LogP contribution >= 0.6 is 0 Å². The number of anilines is 1. The summed E-state index contributed by atoms with van der Waals surface area (Å²) in [4.78, 5) is 21.9. The summed E-state index contributed by atoms with van der Waals surface area (Å²) in [6.07, 6.45) is 29.5. The lowest BCUT2D eigenvalue weighted by molar-refractivity contribution is -0.536. The van der Waals surface area contributed by atoms with E-state index in [1.165, 1.54) is 57.8 Å². The van der Waals surface area contributed by atoms with Crippen molar-refractivity contribution in [3.05, 3.63) is 42.1 Å². The quantitative estimate of drug-likeness (QED) is 0.307. The highest BCUT2D eigenvalue weighted by atomic mass is 16.1. The molecule has 226 valence electrons. The van der Waals surface area contributed by atoms with Crippen molar-refractivity contribution in [1.29, 1.82) is 0 Å². The van der Waals surface area contributed by atoms with E-state index >= 15 is 0 Å². The molecule has 4 aliphatic rings. The summed E-state index contributed by atoms with van der Waals surface area (Å²) < 4.78 is 4.37. The van der Waals surface area contributed by atoms with Crippen LogP contribution in [0.5, 0.6) is 0 Å². The van der Waals surface area contributed by atoms with E-state index in [9.17, 15) is 4.79 Å². The third kappa shape index (κ3) is 6.81. The monoisotopic (exact) mass is 571 g/mol. The third-order valence-corrected chi connectivity index (χ3v) is 10.4. The summed E-state index contributed by atoms with van der Waals surface area (Å²) in [5, 5.41) is 8.88. The zero-order valence-corrected chi connectivity index (χ0v) is 25.9. The summed E-state index contributed by atoms with van der Waals surface area (Å²) in [5.41, 5.74) is 1.55. The Kier molecular flexibility index (Phi) is 9.40. The molecule has 1 aliphatic heterocycles. The molecule has 3 heterocycles. The van der Waals surface area contributed by atoms with Gasteiger partial charge < -0.3 is 10.2 Å². The molecule has 2 atom stereocenters. The molecule has 2 saturated carbocycles. The number of carbonyl (C=O) groups excluding carboxylic acids is 1. The number of aromatic nitrogens is 3. The van der Waals surface area contributed by atoms with E-state index in [1.54, 1.807) is 0 Å². The number of fused-ring (bicyclic) bond motifs is 1. The van der Waals surface area contributed by atoms with Gasteiger partial charge in [-0.25, -0.2) is 9.56 Å². The Bertz CT molecular complexity index is 1300. The molecular formula is C35H51N6O+. The lowest BCUT2D eigenvalue weighted by Crippen LogP contribution is -2.44. The molecule has 42 heavy (non-hydrogen) atoms. The number of allylic oxidation sites excluding steroid dienone is 3. The number of hydrogen-bond donors (Lipinski definition) is 1. The average Bonchev–Trinajstić information content (AvgIpc) is 3.18. The van der Waals surface area contributed by atoms with Gasteiger partial charge in [0.15, 0.2) is 5.65 Å². The fraction of sp³-hybridized carbons (Fsp3) is 0.657. The van der Waals surface area contributed by atoms with Crippen molar-refractivity contribution in [3.63, 3.8) is 0 Å². The average molecular weight is 572 g/mol. The van der Waals surface area contributed by atoms with E-state index in [0.717, 1.165) is 68.1 Å². The summed E-state index contributed by atoms with van der Waals surface area (Å²) >= 11 is 0. The SMILES string of the molecule is CC1C=CC=CC1CN(c1nc2c(cnn2C)cc1C(=O)NC1CC[N+](=CC2CCCCC2)CC1)C1CCCCCC1. The van der Waals surface area contributed by atoms with Crippen LogP contribution in [-0.2, 0) is 7.05 Å². The van der Waals surface area contributed by atoms with Crippen LogP contribution in [0.25, 0.3) is 11.0 Å². The maximum atomic E-state index is 14.1. The smallest absolute Gasteiger partial charge is 0.255 e. The first-order valence-corrected chi connectivity index (χ1v) is 16.9. The summed E-state index contributed by atoms with van der Waals surface area (Å²) in [6.45, 7) is 5.24.